The fourth-order valence-electron chi connectivity index (χ4n) is 2.94. The first kappa shape index (κ1) is 18.5. The van der Waals surface area contributed by atoms with Gasteiger partial charge in [-0.05, 0) is 37.3 Å². The molecule has 1 amide bonds. The molecule has 1 aliphatic heterocycles. The van der Waals surface area contributed by atoms with Gasteiger partial charge in [0, 0.05) is 51.9 Å². The number of aromatic nitrogens is 1. The molecule has 0 atom stereocenters. The van der Waals surface area contributed by atoms with Crippen molar-refractivity contribution in [1.29, 1.82) is 0 Å². The Labute approximate surface area is 155 Å². The third-order valence-corrected chi connectivity index (χ3v) is 4.73. The number of pyridine rings is 1. The number of guanidine groups is 1. The highest BCUT2D eigenvalue weighted by atomic mass is 16.5. The SMILES string of the molecule is CCNC(=NCc1ccnc(OCC2CC2)c1)N1CCN(C(C)=O)CC1. The monoisotopic (exact) mass is 359 g/mol. The van der Waals surface area contributed by atoms with Gasteiger partial charge in [0.2, 0.25) is 11.8 Å². The van der Waals surface area contributed by atoms with E-state index in [9.17, 15) is 4.79 Å². The minimum absolute atomic E-state index is 0.141. The fraction of sp³-hybridized carbons (Fsp3) is 0.632. The molecule has 7 heteroatoms. The van der Waals surface area contributed by atoms with Crippen LogP contribution in [0.25, 0.3) is 0 Å². The molecule has 1 aliphatic carbocycles. The van der Waals surface area contributed by atoms with Crippen molar-refractivity contribution in [3.8, 4) is 5.88 Å². The molecule has 1 N–H and O–H groups in total. The zero-order chi connectivity index (χ0) is 18.4. The first-order chi connectivity index (χ1) is 12.7. The summed E-state index contributed by atoms with van der Waals surface area (Å²) in [4.78, 5) is 24.6. The molecule has 142 valence electrons. The molecule has 2 aliphatic rings. The zero-order valence-electron chi connectivity index (χ0n) is 15.8. The average Bonchev–Trinajstić information content (AvgIpc) is 3.48. The minimum atomic E-state index is 0.141. The van der Waals surface area contributed by atoms with E-state index in [0.717, 1.165) is 50.9 Å². The summed E-state index contributed by atoms with van der Waals surface area (Å²) >= 11 is 0. The van der Waals surface area contributed by atoms with Crippen molar-refractivity contribution in [2.45, 2.75) is 33.2 Å². The largest absolute Gasteiger partial charge is 0.477 e. The van der Waals surface area contributed by atoms with Gasteiger partial charge in [0.25, 0.3) is 0 Å². The number of aliphatic imine (C=N–C) groups is 1. The van der Waals surface area contributed by atoms with E-state index in [2.05, 4.69) is 22.1 Å². The number of carbonyl (C=O) groups is 1. The van der Waals surface area contributed by atoms with E-state index >= 15 is 0 Å². The molecule has 3 rings (SSSR count). The summed E-state index contributed by atoms with van der Waals surface area (Å²) < 4.78 is 5.75. The molecule has 7 nitrogen and oxygen atoms in total. The van der Waals surface area contributed by atoms with Crippen LogP contribution in [0.2, 0.25) is 0 Å². The van der Waals surface area contributed by atoms with Gasteiger partial charge >= 0.3 is 0 Å². The van der Waals surface area contributed by atoms with Gasteiger partial charge in [0.1, 0.15) is 0 Å². The van der Waals surface area contributed by atoms with Crippen LogP contribution < -0.4 is 10.1 Å². The van der Waals surface area contributed by atoms with Crippen LogP contribution in [0.1, 0.15) is 32.3 Å². The number of piperazine rings is 1. The maximum absolute atomic E-state index is 11.5. The number of hydrogen-bond donors (Lipinski definition) is 1. The number of amides is 1. The smallest absolute Gasteiger partial charge is 0.219 e. The number of rotatable bonds is 6. The lowest BCUT2D eigenvalue weighted by atomic mass is 10.2. The number of nitrogens with zero attached hydrogens (tertiary/aromatic N) is 4. The Bertz CT molecular complexity index is 637. The molecule has 26 heavy (non-hydrogen) atoms. The van der Waals surface area contributed by atoms with Gasteiger partial charge in [-0.3, -0.25) is 4.79 Å². The van der Waals surface area contributed by atoms with E-state index < -0.39 is 0 Å². The van der Waals surface area contributed by atoms with Gasteiger partial charge in [-0.1, -0.05) is 0 Å². The second-order valence-corrected chi connectivity index (χ2v) is 6.92. The molecule has 0 unspecified atom stereocenters. The molecule has 2 heterocycles. The van der Waals surface area contributed by atoms with Crippen LogP contribution in [0.4, 0.5) is 0 Å². The Balaban J connectivity index is 1.58. The fourth-order valence-corrected chi connectivity index (χ4v) is 2.94. The summed E-state index contributed by atoms with van der Waals surface area (Å²) in [6.45, 7) is 8.95. The predicted molar refractivity (Wildman–Crippen MR) is 101 cm³/mol. The van der Waals surface area contributed by atoms with Crippen molar-refractivity contribution in [3.05, 3.63) is 23.9 Å². The molecular weight excluding hydrogens is 330 g/mol. The van der Waals surface area contributed by atoms with E-state index in [4.69, 9.17) is 9.73 Å². The second-order valence-electron chi connectivity index (χ2n) is 6.92. The standard InChI is InChI=1S/C19H29N5O2/c1-3-20-19(24-10-8-23(9-11-24)15(2)25)22-13-17-6-7-21-18(12-17)26-14-16-4-5-16/h6-7,12,16H,3-5,8-11,13-14H2,1-2H3,(H,20,22). The first-order valence-electron chi connectivity index (χ1n) is 9.52. The van der Waals surface area contributed by atoms with Crippen molar-refractivity contribution in [2.75, 3.05) is 39.3 Å². The van der Waals surface area contributed by atoms with Gasteiger partial charge < -0.3 is 19.9 Å². The summed E-state index contributed by atoms with van der Waals surface area (Å²) in [6, 6.07) is 3.95. The molecule has 1 saturated heterocycles. The van der Waals surface area contributed by atoms with E-state index in [0.29, 0.717) is 18.3 Å². The van der Waals surface area contributed by atoms with Crippen LogP contribution in [0.15, 0.2) is 23.3 Å². The molecule has 0 bridgehead atoms. The Morgan fingerprint density at radius 1 is 1.31 bits per heavy atom. The first-order valence-corrected chi connectivity index (χ1v) is 9.52. The normalized spacial score (nSPS) is 18.0. The zero-order valence-corrected chi connectivity index (χ0v) is 15.8. The van der Waals surface area contributed by atoms with Crippen LogP contribution in [0.5, 0.6) is 5.88 Å². The summed E-state index contributed by atoms with van der Waals surface area (Å²) in [5.41, 5.74) is 1.09. The molecule has 0 spiro atoms. The van der Waals surface area contributed by atoms with Crippen LogP contribution in [0.3, 0.4) is 0 Å². The number of hydrogen-bond acceptors (Lipinski definition) is 4. The third kappa shape index (κ3) is 5.34. The van der Waals surface area contributed by atoms with E-state index in [1.165, 1.54) is 12.8 Å². The lowest BCUT2D eigenvalue weighted by molar-refractivity contribution is -0.130. The van der Waals surface area contributed by atoms with Crippen LogP contribution in [0, 0.1) is 5.92 Å². The number of ether oxygens (including phenoxy) is 1. The van der Waals surface area contributed by atoms with Crippen LogP contribution in [-0.4, -0.2) is 66.0 Å². The Morgan fingerprint density at radius 3 is 2.69 bits per heavy atom. The van der Waals surface area contributed by atoms with Gasteiger partial charge in [0.05, 0.1) is 13.2 Å². The topological polar surface area (TPSA) is 70.1 Å². The van der Waals surface area contributed by atoms with Crippen molar-refractivity contribution >= 4 is 11.9 Å². The highest BCUT2D eigenvalue weighted by Crippen LogP contribution is 2.29. The second kappa shape index (κ2) is 8.87. The summed E-state index contributed by atoms with van der Waals surface area (Å²) in [7, 11) is 0. The van der Waals surface area contributed by atoms with Crippen molar-refractivity contribution in [1.82, 2.24) is 20.1 Å². The molecule has 2 fully saturated rings. The third-order valence-electron chi connectivity index (χ3n) is 4.73. The molecule has 0 radical (unpaired) electrons. The molecule has 1 saturated carbocycles. The number of carbonyl (C=O) groups excluding carboxylic acids is 1. The lowest BCUT2D eigenvalue weighted by Gasteiger charge is -2.36. The lowest BCUT2D eigenvalue weighted by Crippen LogP contribution is -2.53. The van der Waals surface area contributed by atoms with Gasteiger partial charge in [-0.25, -0.2) is 9.98 Å². The maximum Gasteiger partial charge on any atom is 0.219 e. The summed E-state index contributed by atoms with van der Waals surface area (Å²) in [6.07, 6.45) is 4.32. The molecule has 1 aromatic heterocycles. The van der Waals surface area contributed by atoms with Crippen molar-refractivity contribution in [3.63, 3.8) is 0 Å². The Morgan fingerprint density at radius 2 is 2.04 bits per heavy atom. The predicted octanol–water partition coefficient (Wildman–Crippen LogP) is 1.50. The van der Waals surface area contributed by atoms with E-state index in [1.807, 2.05) is 17.0 Å². The molecule has 1 aromatic rings. The highest BCUT2D eigenvalue weighted by molar-refractivity contribution is 5.80. The number of nitrogens with one attached hydrogen (secondary N) is 1. The van der Waals surface area contributed by atoms with E-state index in [1.54, 1.807) is 13.1 Å². The van der Waals surface area contributed by atoms with Crippen molar-refractivity contribution in [2.24, 2.45) is 10.9 Å². The van der Waals surface area contributed by atoms with Crippen LogP contribution >= 0.6 is 0 Å². The molecule has 0 aromatic carbocycles. The Hall–Kier alpha value is -2.31. The summed E-state index contributed by atoms with van der Waals surface area (Å²) in [5, 5.41) is 3.36. The minimum Gasteiger partial charge on any atom is -0.477 e. The van der Waals surface area contributed by atoms with E-state index in [-0.39, 0.29) is 5.91 Å². The summed E-state index contributed by atoms with van der Waals surface area (Å²) in [5.74, 6) is 2.44. The highest BCUT2D eigenvalue weighted by Gasteiger charge is 2.22. The van der Waals surface area contributed by atoms with Crippen molar-refractivity contribution < 1.29 is 9.53 Å². The van der Waals surface area contributed by atoms with Gasteiger partial charge in [-0.2, -0.15) is 0 Å². The van der Waals surface area contributed by atoms with Gasteiger partial charge in [-0.15, -0.1) is 0 Å². The quantitative estimate of drug-likeness (QED) is 0.616. The maximum atomic E-state index is 11.5. The average molecular weight is 359 g/mol. The van der Waals surface area contributed by atoms with Gasteiger partial charge in [0.15, 0.2) is 5.96 Å². The van der Waals surface area contributed by atoms with Crippen LogP contribution in [-0.2, 0) is 11.3 Å². The molecular formula is C19H29N5O2. The Kier molecular flexibility index (Phi) is 6.30.